The van der Waals surface area contributed by atoms with E-state index in [0.29, 0.717) is 4.88 Å². The summed E-state index contributed by atoms with van der Waals surface area (Å²) in [4.78, 5) is 36.8. The maximum absolute atomic E-state index is 13.5. The highest BCUT2D eigenvalue weighted by Gasteiger charge is 2.21. The van der Waals surface area contributed by atoms with Crippen molar-refractivity contribution in [3.63, 3.8) is 0 Å². The van der Waals surface area contributed by atoms with Crippen molar-refractivity contribution in [3.8, 4) is 0 Å². The molecule has 2 N–H and O–H groups in total. The van der Waals surface area contributed by atoms with Gasteiger partial charge in [-0.2, -0.15) is 0 Å². The molecule has 1 heterocycles. The van der Waals surface area contributed by atoms with Crippen LogP contribution in [-0.4, -0.2) is 30.4 Å². The molecule has 0 radical (unpaired) electrons. The maximum Gasteiger partial charge on any atom is 0.326 e. The van der Waals surface area contributed by atoms with Crippen LogP contribution in [0, 0.1) is 18.6 Å². The van der Waals surface area contributed by atoms with Gasteiger partial charge in [0.05, 0.1) is 4.88 Å². The SMILES string of the molecule is Cc1ccc(C(=O)NCC(=O)OC(C)C(=O)Nc2c(F)cccc2F)s1. The summed E-state index contributed by atoms with van der Waals surface area (Å²) in [5.41, 5.74) is -0.623. The summed E-state index contributed by atoms with van der Waals surface area (Å²) in [6, 6.07) is 6.52. The van der Waals surface area contributed by atoms with Crippen molar-refractivity contribution in [1.82, 2.24) is 5.32 Å². The zero-order chi connectivity index (χ0) is 19.3. The predicted molar refractivity (Wildman–Crippen MR) is 91.9 cm³/mol. The average molecular weight is 382 g/mol. The molecular formula is C17H16F2N2O4S. The third kappa shape index (κ3) is 5.09. The molecule has 1 aromatic heterocycles. The number of carbonyl (C=O) groups excluding carboxylic acids is 3. The molecule has 1 atom stereocenters. The first-order chi connectivity index (χ1) is 12.3. The minimum atomic E-state index is -1.30. The molecule has 6 nitrogen and oxygen atoms in total. The summed E-state index contributed by atoms with van der Waals surface area (Å²) in [6.45, 7) is 2.65. The number of ether oxygens (including phenoxy) is 1. The molecule has 0 saturated carbocycles. The molecule has 2 amide bonds. The van der Waals surface area contributed by atoms with E-state index in [9.17, 15) is 23.2 Å². The van der Waals surface area contributed by atoms with Crippen molar-refractivity contribution in [2.24, 2.45) is 0 Å². The number of esters is 1. The molecule has 138 valence electrons. The summed E-state index contributed by atoms with van der Waals surface area (Å²) < 4.78 is 31.8. The fourth-order valence-electron chi connectivity index (χ4n) is 1.93. The van der Waals surface area contributed by atoms with Gasteiger partial charge in [0, 0.05) is 4.88 Å². The molecule has 2 rings (SSSR count). The Morgan fingerprint density at radius 3 is 2.38 bits per heavy atom. The highest BCUT2D eigenvalue weighted by atomic mass is 32.1. The topological polar surface area (TPSA) is 84.5 Å². The molecule has 1 aromatic carbocycles. The van der Waals surface area contributed by atoms with Gasteiger partial charge in [-0.15, -0.1) is 11.3 Å². The molecular weight excluding hydrogens is 366 g/mol. The van der Waals surface area contributed by atoms with E-state index in [4.69, 9.17) is 4.74 Å². The summed E-state index contributed by atoms with van der Waals surface area (Å²) >= 11 is 1.27. The molecule has 9 heteroatoms. The highest BCUT2D eigenvalue weighted by Crippen LogP contribution is 2.18. The van der Waals surface area contributed by atoms with Gasteiger partial charge in [-0.3, -0.25) is 14.4 Å². The predicted octanol–water partition coefficient (Wildman–Crippen LogP) is 2.63. The Kier molecular flexibility index (Phi) is 6.40. The average Bonchev–Trinajstić information content (AvgIpc) is 3.02. The van der Waals surface area contributed by atoms with Gasteiger partial charge in [0.2, 0.25) is 0 Å². The summed E-state index contributed by atoms with van der Waals surface area (Å²) in [6.07, 6.45) is -1.30. The van der Waals surface area contributed by atoms with E-state index in [-0.39, 0.29) is 0 Å². The Balaban J connectivity index is 1.84. The van der Waals surface area contributed by atoms with Crippen molar-refractivity contribution < 1.29 is 27.9 Å². The quantitative estimate of drug-likeness (QED) is 0.753. The van der Waals surface area contributed by atoms with Gasteiger partial charge in [0.1, 0.15) is 23.9 Å². The van der Waals surface area contributed by atoms with E-state index in [1.807, 2.05) is 12.2 Å². The second-order valence-corrected chi connectivity index (χ2v) is 6.60. The van der Waals surface area contributed by atoms with Crippen LogP contribution in [0.15, 0.2) is 30.3 Å². The fourth-order valence-corrected chi connectivity index (χ4v) is 2.71. The van der Waals surface area contributed by atoms with Gasteiger partial charge < -0.3 is 15.4 Å². The molecule has 0 bridgehead atoms. The molecule has 0 aliphatic rings. The van der Waals surface area contributed by atoms with Gasteiger partial charge in [-0.1, -0.05) is 6.07 Å². The van der Waals surface area contributed by atoms with E-state index in [2.05, 4.69) is 5.32 Å². The van der Waals surface area contributed by atoms with Crippen LogP contribution in [-0.2, 0) is 14.3 Å². The largest absolute Gasteiger partial charge is 0.451 e. The van der Waals surface area contributed by atoms with Crippen LogP contribution in [0.5, 0.6) is 0 Å². The number of para-hydroxylation sites is 1. The van der Waals surface area contributed by atoms with Crippen LogP contribution < -0.4 is 10.6 Å². The smallest absolute Gasteiger partial charge is 0.326 e. The van der Waals surface area contributed by atoms with Gasteiger partial charge in [0.25, 0.3) is 11.8 Å². The number of rotatable bonds is 6. The van der Waals surface area contributed by atoms with E-state index in [0.717, 1.165) is 23.1 Å². The lowest BCUT2D eigenvalue weighted by Crippen LogP contribution is -2.35. The van der Waals surface area contributed by atoms with Crippen molar-refractivity contribution in [3.05, 3.63) is 51.7 Å². The molecule has 0 aliphatic heterocycles. The number of nitrogens with one attached hydrogen (secondary N) is 2. The first-order valence-electron chi connectivity index (χ1n) is 7.57. The standard InChI is InChI=1S/C17H16F2N2O4S/c1-9-6-7-13(26-9)17(24)20-8-14(22)25-10(2)16(23)21-15-11(18)4-3-5-12(15)19/h3-7,10H,8H2,1-2H3,(H,20,24)(H,21,23). The van der Waals surface area contributed by atoms with Gasteiger partial charge in [0.15, 0.2) is 6.10 Å². The molecule has 0 saturated heterocycles. The molecule has 1 unspecified atom stereocenters. The van der Waals surface area contributed by atoms with Gasteiger partial charge in [-0.05, 0) is 38.1 Å². The van der Waals surface area contributed by atoms with E-state index in [1.54, 1.807) is 12.1 Å². The lowest BCUT2D eigenvalue weighted by molar-refractivity contribution is -0.152. The van der Waals surface area contributed by atoms with Crippen LogP contribution in [0.25, 0.3) is 0 Å². The summed E-state index contributed by atoms with van der Waals surface area (Å²) in [5.74, 6) is -4.10. The lowest BCUT2D eigenvalue weighted by atomic mass is 10.2. The first-order valence-corrected chi connectivity index (χ1v) is 8.38. The number of hydrogen-bond donors (Lipinski definition) is 2. The number of halogens is 2. The highest BCUT2D eigenvalue weighted by molar-refractivity contribution is 7.13. The Labute approximate surface area is 152 Å². The Bertz CT molecular complexity index is 818. The van der Waals surface area contributed by atoms with Crippen LogP contribution in [0.2, 0.25) is 0 Å². The second kappa shape index (κ2) is 8.52. The zero-order valence-corrected chi connectivity index (χ0v) is 14.8. The van der Waals surface area contributed by atoms with Crippen molar-refractivity contribution in [1.29, 1.82) is 0 Å². The van der Waals surface area contributed by atoms with Crippen LogP contribution in [0.1, 0.15) is 21.5 Å². The van der Waals surface area contributed by atoms with Crippen LogP contribution in [0.3, 0.4) is 0 Å². The minimum Gasteiger partial charge on any atom is -0.451 e. The monoisotopic (exact) mass is 382 g/mol. The van der Waals surface area contributed by atoms with Crippen molar-refractivity contribution >= 4 is 34.8 Å². The van der Waals surface area contributed by atoms with E-state index >= 15 is 0 Å². The third-order valence-corrected chi connectivity index (χ3v) is 4.25. The Hall–Kier alpha value is -2.81. The van der Waals surface area contributed by atoms with Crippen LogP contribution in [0.4, 0.5) is 14.5 Å². The van der Waals surface area contributed by atoms with Crippen molar-refractivity contribution in [2.45, 2.75) is 20.0 Å². The lowest BCUT2D eigenvalue weighted by Gasteiger charge is -2.14. The third-order valence-electron chi connectivity index (χ3n) is 3.25. The number of aryl methyl sites for hydroxylation is 1. The molecule has 0 spiro atoms. The summed E-state index contributed by atoms with van der Waals surface area (Å²) in [7, 11) is 0. The Morgan fingerprint density at radius 2 is 1.81 bits per heavy atom. The summed E-state index contributed by atoms with van der Waals surface area (Å²) in [5, 5.41) is 4.39. The number of hydrogen-bond acceptors (Lipinski definition) is 5. The number of carbonyl (C=O) groups is 3. The molecule has 26 heavy (non-hydrogen) atoms. The van der Waals surface area contributed by atoms with E-state index < -0.39 is 47.8 Å². The number of thiophene rings is 1. The Morgan fingerprint density at radius 1 is 1.15 bits per heavy atom. The van der Waals surface area contributed by atoms with Crippen LogP contribution >= 0.6 is 11.3 Å². The molecule has 0 aliphatic carbocycles. The fraction of sp³-hybridized carbons (Fsp3) is 0.235. The number of amides is 2. The van der Waals surface area contributed by atoms with Crippen molar-refractivity contribution in [2.75, 3.05) is 11.9 Å². The number of anilines is 1. The second-order valence-electron chi connectivity index (χ2n) is 5.31. The molecule has 0 fully saturated rings. The number of benzene rings is 1. The molecule has 2 aromatic rings. The van der Waals surface area contributed by atoms with E-state index in [1.165, 1.54) is 18.3 Å². The first kappa shape index (κ1) is 19.5. The zero-order valence-electron chi connectivity index (χ0n) is 14.0. The van der Waals surface area contributed by atoms with Gasteiger partial charge in [-0.25, -0.2) is 8.78 Å². The maximum atomic E-state index is 13.5. The normalized spacial score (nSPS) is 11.5. The van der Waals surface area contributed by atoms with Gasteiger partial charge >= 0.3 is 5.97 Å². The minimum absolute atomic E-state index is 0.439.